The highest BCUT2D eigenvalue weighted by molar-refractivity contribution is 6.36. The van der Waals surface area contributed by atoms with Gasteiger partial charge >= 0.3 is 0 Å². The van der Waals surface area contributed by atoms with Gasteiger partial charge in [0.15, 0.2) is 0 Å². The highest BCUT2D eigenvalue weighted by atomic mass is 35.5. The summed E-state index contributed by atoms with van der Waals surface area (Å²) in [6, 6.07) is 3.79. The minimum atomic E-state index is -0.562. The van der Waals surface area contributed by atoms with E-state index in [4.69, 9.17) is 11.6 Å². The Morgan fingerprint density at radius 2 is 2.10 bits per heavy atom. The van der Waals surface area contributed by atoms with Crippen LogP contribution >= 0.6 is 11.6 Å². The van der Waals surface area contributed by atoms with Crippen LogP contribution in [0.5, 0.6) is 0 Å². The van der Waals surface area contributed by atoms with Gasteiger partial charge in [-0.2, -0.15) is 5.10 Å². The van der Waals surface area contributed by atoms with Crippen LogP contribution in [0.3, 0.4) is 0 Å². The first-order chi connectivity index (χ1) is 9.84. The van der Waals surface area contributed by atoms with E-state index in [9.17, 15) is 5.11 Å². The van der Waals surface area contributed by atoms with Crippen LogP contribution in [0.4, 0.5) is 0 Å². The Balaban J connectivity index is 2.11. The standard InChI is InChI=1S/C16H24ClN3O/c1-5-20(16(2,3)4)9-8-14(21)11-6-7-13-12(15(11)17)10-18-19-13/h6-7,10,14,21H,5,8-9H2,1-4H3,(H,18,19). The largest absolute Gasteiger partial charge is 0.388 e. The van der Waals surface area contributed by atoms with Gasteiger partial charge in [0.05, 0.1) is 22.8 Å². The summed E-state index contributed by atoms with van der Waals surface area (Å²) < 4.78 is 0. The average molecular weight is 310 g/mol. The molecule has 1 heterocycles. The van der Waals surface area contributed by atoms with Crippen molar-refractivity contribution in [1.29, 1.82) is 0 Å². The van der Waals surface area contributed by atoms with Crippen LogP contribution in [0.1, 0.15) is 45.8 Å². The first-order valence-electron chi connectivity index (χ1n) is 7.39. The van der Waals surface area contributed by atoms with Crippen molar-refractivity contribution in [2.45, 2.75) is 45.8 Å². The van der Waals surface area contributed by atoms with E-state index < -0.39 is 6.10 Å². The summed E-state index contributed by atoms with van der Waals surface area (Å²) in [5.41, 5.74) is 1.77. The third-order valence-electron chi connectivity index (χ3n) is 3.95. The van der Waals surface area contributed by atoms with Crippen molar-refractivity contribution in [1.82, 2.24) is 15.1 Å². The number of aromatic nitrogens is 2. The molecule has 0 fully saturated rings. The maximum Gasteiger partial charge on any atom is 0.0816 e. The molecule has 0 bridgehead atoms. The monoisotopic (exact) mass is 309 g/mol. The Morgan fingerprint density at radius 3 is 2.71 bits per heavy atom. The fourth-order valence-electron chi connectivity index (χ4n) is 2.66. The number of fused-ring (bicyclic) bond motifs is 1. The van der Waals surface area contributed by atoms with E-state index in [0.717, 1.165) is 29.6 Å². The molecular formula is C16H24ClN3O. The molecule has 0 aliphatic heterocycles. The molecule has 0 radical (unpaired) electrons. The quantitative estimate of drug-likeness (QED) is 0.884. The molecule has 1 aromatic heterocycles. The van der Waals surface area contributed by atoms with Gasteiger partial charge in [-0.1, -0.05) is 24.6 Å². The number of nitrogens with zero attached hydrogens (tertiary/aromatic N) is 2. The molecule has 0 saturated heterocycles. The van der Waals surface area contributed by atoms with Crippen molar-refractivity contribution in [3.8, 4) is 0 Å². The normalized spacial score (nSPS) is 14.0. The van der Waals surface area contributed by atoms with Crippen molar-refractivity contribution < 1.29 is 5.11 Å². The summed E-state index contributed by atoms with van der Waals surface area (Å²) in [6.07, 6.45) is 1.79. The molecule has 2 rings (SSSR count). The van der Waals surface area contributed by atoms with E-state index in [1.165, 1.54) is 0 Å². The Kier molecular flexibility index (Phi) is 4.91. The zero-order chi connectivity index (χ0) is 15.6. The molecule has 1 aromatic carbocycles. The summed E-state index contributed by atoms with van der Waals surface area (Å²) >= 11 is 6.38. The van der Waals surface area contributed by atoms with Crippen LogP contribution in [0.15, 0.2) is 18.3 Å². The predicted octanol–water partition coefficient (Wildman–Crippen LogP) is 3.76. The van der Waals surface area contributed by atoms with Gasteiger partial charge in [-0.25, -0.2) is 0 Å². The van der Waals surface area contributed by atoms with E-state index in [1.807, 2.05) is 12.1 Å². The number of halogens is 1. The molecule has 1 unspecified atom stereocenters. The van der Waals surface area contributed by atoms with Crippen LogP contribution in [0.2, 0.25) is 5.02 Å². The Bertz CT molecular complexity index is 603. The topological polar surface area (TPSA) is 52.1 Å². The van der Waals surface area contributed by atoms with Crippen LogP contribution in [-0.2, 0) is 0 Å². The van der Waals surface area contributed by atoms with Crippen LogP contribution in [0, 0.1) is 0 Å². The molecule has 0 amide bonds. The van der Waals surface area contributed by atoms with Gasteiger partial charge in [0.2, 0.25) is 0 Å². The van der Waals surface area contributed by atoms with E-state index in [-0.39, 0.29) is 5.54 Å². The third-order valence-corrected chi connectivity index (χ3v) is 4.37. The molecular weight excluding hydrogens is 286 g/mol. The summed E-state index contributed by atoms with van der Waals surface area (Å²) in [6.45, 7) is 10.5. The SMILES string of the molecule is CCN(CCC(O)c1ccc2[nH]ncc2c1Cl)C(C)(C)C. The van der Waals surface area contributed by atoms with Gasteiger partial charge in [-0.15, -0.1) is 0 Å². The number of nitrogens with one attached hydrogen (secondary N) is 1. The zero-order valence-electron chi connectivity index (χ0n) is 13.2. The van der Waals surface area contributed by atoms with Gasteiger partial charge in [0.1, 0.15) is 0 Å². The van der Waals surface area contributed by atoms with Crippen molar-refractivity contribution in [3.63, 3.8) is 0 Å². The number of hydrogen-bond acceptors (Lipinski definition) is 3. The molecule has 5 heteroatoms. The lowest BCUT2D eigenvalue weighted by Gasteiger charge is -2.35. The second-order valence-electron chi connectivity index (χ2n) is 6.35. The average Bonchev–Trinajstić information content (AvgIpc) is 2.87. The minimum absolute atomic E-state index is 0.104. The van der Waals surface area contributed by atoms with Crippen molar-refractivity contribution in [3.05, 3.63) is 28.9 Å². The maximum absolute atomic E-state index is 10.5. The summed E-state index contributed by atoms with van der Waals surface area (Å²) in [5.74, 6) is 0. The Labute approximate surface area is 131 Å². The number of rotatable bonds is 5. The molecule has 2 N–H and O–H groups in total. The molecule has 0 spiro atoms. The van der Waals surface area contributed by atoms with Gasteiger partial charge in [-0.3, -0.25) is 10.00 Å². The molecule has 0 saturated carbocycles. The lowest BCUT2D eigenvalue weighted by molar-refractivity contribution is 0.0998. The molecule has 116 valence electrons. The number of aromatic amines is 1. The fraction of sp³-hybridized carbons (Fsp3) is 0.562. The molecule has 1 atom stereocenters. The lowest BCUT2D eigenvalue weighted by Crippen LogP contribution is -2.42. The van der Waals surface area contributed by atoms with E-state index >= 15 is 0 Å². The maximum atomic E-state index is 10.5. The van der Waals surface area contributed by atoms with E-state index in [0.29, 0.717) is 11.4 Å². The second-order valence-corrected chi connectivity index (χ2v) is 6.73. The van der Waals surface area contributed by atoms with Crippen molar-refractivity contribution in [2.24, 2.45) is 0 Å². The van der Waals surface area contributed by atoms with Gasteiger partial charge in [0, 0.05) is 17.5 Å². The summed E-state index contributed by atoms with van der Waals surface area (Å²) in [5, 5.41) is 18.8. The molecule has 0 aliphatic carbocycles. The highest BCUT2D eigenvalue weighted by Gasteiger charge is 2.21. The first-order valence-corrected chi connectivity index (χ1v) is 7.77. The van der Waals surface area contributed by atoms with Gasteiger partial charge < -0.3 is 5.11 Å². The van der Waals surface area contributed by atoms with Crippen LogP contribution in [0.25, 0.3) is 10.9 Å². The number of H-pyrrole nitrogens is 1. The molecule has 2 aromatic rings. The molecule has 0 aliphatic rings. The highest BCUT2D eigenvalue weighted by Crippen LogP contribution is 2.31. The molecule has 4 nitrogen and oxygen atoms in total. The van der Waals surface area contributed by atoms with Crippen LogP contribution < -0.4 is 0 Å². The third kappa shape index (κ3) is 3.57. The van der Waals surface area contributed by atoms with Gasteiger partial charge in [0.25, 0.3) is 0 Å². The Morgan fingerprint density at radius 1 is 1.38 bits per heavy atom. The summed E-state index contributed by atoms with van der Waals surface area (Å²) in [4.78, 5) is 2.35. The predicted molar refractivity (Wildman–Crippen MR) is 87.7 cm³/mol. The van der Waals surface area contributed by atoms with Gasteiger partial charge in [-0.05, 0) is 45.4 Å². The van der Waals surface area contributed by atoms with Crippen molar-refractivity contribution in [2.75, 3.05) is 13.1 Å². The Hall–Kier alpha value is -1.10. The number of aliphatic hydroxyl groups excluding tert-OH is 1. The van der Waals surface area contributed by atoms with E-state index in [2.05, 4.69) is 42.8 Å². The first kappa shape index (κ1) is 16.3. The number of hydrogen-bond donors (Lipinski definition) is 2. The lowest BCUT2D eigenvalue weighted by atomic mass is 10.0. The van der Waals surface area contributed by atoms with Crippen molar-refractivity contribution >= 4 is 22.5 Å². The van der Waals surface area contributed by atoms with E-state index in [1.54, 1.807) is 6.20 Å². The summed E-state index contributed by atoms with van der Waals surface area (Å²) in [7, 11) is 0. The minimum Gasteiger partial charge on any atom is -0.388 e. The smallest absolute Gasteiger partial charge is 0.0816 e. The van der Waals surface area contributed by atoms with Crippen LogP contribution in [-0.4, -0.2) is 38.8 Å². The molecule has 21 heavy (non-hydrogen) atoms. The second kappa shape index (κ2) is 6.34. The zero-order valence-corrected chi connectivity index (χ0v) is 13.9. The number of benzene rings is 1. The fourth-order valence-corrected chi connectivity index (χ4v) is 3.00. The number of aliphatic hydroxyl groups is 1.